The Morgan fingerprint density at radius 1 is 1.19 bits per heavy atom. The first-order valence-corrected chi connectivity index (χ1v) is 12.0. The van der Waals surface area contributed by atoms with E-state index >= 15 is 4.39 Å². The Bertz CT molecular complexity index is 812. The molecule has 4 aliphatic carbocycles. The Labute approximate surface area is 184 Å². The van der Waals surface area contributed by atoms with Crippen LogP contribution in [0.15, 0.2) is 0 Å². The lowest BCUT2D eigenvalue weighted by atomic mass is 9.42. The lowest BCUT2D eigenvalue weighted by Crippen LogP contribution is -2.71. The van der Waals surface area contributed by atoms with Gasteiger partial charge in [-0.2, -0.15) is 0 Å². The number of hydrogen-bond acceptors (Lipinski definition) is 5. The average molecular weight is 437 g/mol. The van der Waals surface area contributed by atoms with Crippen LogP contribution in [0.5, 0.6) is 0 Å². The van der Waals surface area contributed by atoms with E-state index in [-0.39, 0.29) is 42.2 Å². The van der Waals surface area contributed by atoms with E-state index in [0.717, 1.165) is 6.42 Å². The molecule has 0 aromatic rings. The molecular formula is C25H37FO5. The standard InChI is InChI=1S/C25H37FO5/c1-6-21(30)31-25(15(3)27)14(2)11-19-18-8-7-16-12-17(28)9-10-22(16,4)24(18,26)20(29)13-23(19,25)5/h14,16,18-20,29H,6-13H2,1-5H3/t14-,16-,18+,19+,20+,22+,23+,24+,25-/m1/s1. The number of ketones is 2. The van der Waals surface area contributed by atoms with Crippen molar-refractivity contribution < 1.29 is 28.6 Å². The zero-order valence-electron chi connectivity index (χ0n) is 19.5. The van der Waals surface area contributed by atoms with Crippen molar-refractivity contribution in [3.63, 3.8) is 0 Å². The zero-order valence-corrected chi connectivity index (χ0v) is 19.5. The summed E-state index contributed by atoms with van der Waals surface area (Å²) in [6, 6.07) is 0. The number of fused-ring (bicyclic) bond motifs is 5. The summed E-state index contributed by atoms with van der Waals surface area (Å²) in [5.41, 5.74) is -4.72. The summed E-state index contributed by atoms with van der Waals surface area (Å²) < 4.78 is 23.2. The Balaban J connectivity index is 1.80. The number of carbonyl (C=O) groups excluding carboxylic acids is 3. The summed E-state index contributed by atoms with van der Waals surface area (Å²) in [6.07, 6.45) is 2.14. The van der Waals surface area contributed by atoms with Gasteiger partial charge in [-0.25, -0.2) is 4.39 Å². The molecule has 4 saturated carbocycles. The van der Waals surface area contributed by atoms with Crippen molar-refractivity contribution in [3.05, 3.63) is 0 Å². The van der Waals surface area contributed by atoms with Crippen LogP contribution in [0.4, 0.5) is 4.39 Å². The molecule has 4 rings (SSSR count). The predicted molar refractivity (Wildman–Crippen MR) is 113 cm³/mol. The number of alkyl halides is 1. The largest absolute Gasteiger partial charge is 0.450 e. The second-order valence-corrected chi connectivity index (χ2v) is 11.3. The van der Waals surface area contributed by atoms with Crippen molar-refractivity contribution in [2.24, 2.45) is 34.5 Å². The van der Waals surface area contributed by atoms with Gasteiger partial charge in [0.2, 0.25) is 0 Å². The molecule has 0 aliphatic heterocycles. The van der Waals surface area contributed by atoms with Crippen molar-refractivity contribution >= 4 is 17.5 Å². The third kappa shape index (κ3) is 2.66. The predicted octanol–water partition coefficient (Wildman–Crippen LogP) is 4.19. The Morgan fingerprint density at radius 3 is 2.48 bits per heavy atom. The smallest absolute Gasteiger partial charge is 0.306 e. The van der Waals surface area contributed by atoms with Gasteiger partial charge in [0.05, 0.1) is 6.10 Å². The second kappa shape index (κ2) is 7.10. The minimum Gasteiger partial charge on any atom is -0.450 e. The number of Topliss-reactive ketones (excluding diaryl/α,β-unsaturated/α-hetero) is 2. The number of aliphatic hydroxyl groups excluding tert-OH is 1. The Morgan fingerprint density at radius 2 is 1.87 bits per heavy atom. The van der Waals surface area contributed by atoms with E-state index in [4.69, 9.17) is 4.74 Å². The first-order chi connectivity index (χ1) is 14.4. The van der Waals surface area contributed by atoms with E-state index < -0.39 is 40.1 Å². The first-order valence-electron chi connectivity index (χ1n) is 12.0. The molecule has 0 bridgehead atoms. The molecule has 0 aromatic heterocycles. The minimum atomic E-state index is -1.80. The van der Waals surface area contributed by atoms with Crippen LogP contribution in [0.1, 0.15) is 86.0 Å². The van der Waals surface area contributed by atoms with Crippen molar-refractivity contribution in [1.82, 2.24) is 0 Å². The van der Waals surface area contributed by atoms with Gasteiger partial charge in [0.1, 0.15) is 11.5 Å². The van der Waals surface area contributed by atoms with Gasteiger partial charge in [-0.15, -0.1) is 0 Å². The fourth-order valence-corrected chi connectivity index (χ4v) is 8.66. The van der Waals surface area contributed by atoms with E-state index in [0.29, 0.717) is 32.1 Å². The molecule has 6 heteroatoms. The van der Waals surface area contributed by atoms with Gasteiger partial charge in [-0.05, 0) is 56.8 Å². The summed E-state index contributed by atoms with van der Waals surface area (Å²) >= 11 is 0. The molecule has 0 aromatic carbocycles. The number of ether oxygens (including phenoxy) is 1. The van der Waals surface area contributed by atoms with E-state index in [1.807, 2.05) is 20.8 Å². The van der Waals surface area contributed by atoms with Crippen LogP contribution in [0.25, 0.3) is 0 Å². The molecule has 174 valence electrons. The van der Waals surface area contributed by atoms with E-state index in [1.54, 1.807) is 6.92 Å². The lowest BCUT2D eigenvalue weighted by molar-refractivity contribution is -0.257. The van der Waals surface area contributed by atoms with Crippen molar-refractivity contribution in [1.29, 1.82) is 0 Å². The third-order valence-corrected chi connectivity index (χ3v) is 10.2. The van der Waals surface area contributed by atoms with Crippen LogP contribution in [-0.4, -0.2) is 40.0 Å². The fourth-order valence-electron chi connectivity index (χ4n) is 8.66. The van der Waals surface area contributed by atoms with Gasteiger partial charge in [-0.3, -0.25) is 14.4 Å². The topological polar surface area (TPSA) is 80.7 Å². The van der Waals surface area contributed by atoms with Crippen molar-refractivity contribution in [2.75, 3.05) is 0 Å². The molecule has 0 unspecified atom stereocenters. The van der Waals surface area contributed by atoms with E-state index in [2.05, 4.69) is 0 Å². The monoisotopic (exact) mass is 436 g/mol. The highest BCUT2D eigenvalue weighted by atomic mass is 19.1. The summed E-state index contributed by atoms with van der Waals surface area (Å²) in [6.45, 7) is 8.93. The van der Waals surface area contributed by atoms with Crippen LogP contribution in [0, 0.1) is 34.5 Å². The van der Waals surface area contributed by atoms with Crippen LogP contribution in [0.2, 0.25) is 0 Å². The lowest BCUT2D eigenvalue weighted by Gasteiger charge is -2.65. The SMILES string of the molecule is CCC(=O)O[C@@]1(C(C)=O)[C@H](C)C[C@H]2[C@@H]3CC[C@@H]4CC(=O)CC[C@]4(C)[C@@]3(F)[C@@H](O)C[C@@]21C. The normalized spacial score (nSPS) is 51.5. The van der Waals surface area contributed by atoms with Crippen LogP contribution in [0.3, 0.4) is 0 Å². The first kappa shape index (κ1) is 22.9. The summed E-state index contributed by atoms with van der Waals surface area (Å²) in [5.74, 6) is -1.34. The maximum Gasteiger partial charge on any atom is 0.306 e. The summed E-state index contributed by atoms with van der Waals surface area (Å²) in [5, 5.41) is 11.4. The van der Waals surface area contributed by atoms with Crippen LogP contribution >= 0.6 is 0 Å². The molecule has 0 spiro atoms. The van der Waals surface area contributed by atoms with E-state index in [1.165, 1.54) is 6.92 Å². The second-order valence-electron chi connectivity index (χ2n) is 11.3. The molecule has 9 atom stereocenters. The van der Waals surface area contributed by atoms with Crippen molar-refractivity contribution in [2.45, 2.75) is 103 Å². The highest BCUT2D eigenvalue weighted by Crippen LogP contribution is 2.72. The molecular weight excluding hydrogens is 399 g/mol. The number of rotatable bonds is 3. The molecule has 31 heavy (non-hydrogen) atoms. The number of carbonyl (C=O) groups is 3. The maximum atomic E-state index is 17.2. The average Bonchev–Trinajstić information content (AvgIpc) is 2.91. The molecule has 0 radical (unpaired) electrons. The van der Waals surface area contributed by atoms with Gasteiger partial charge < -0.3 is 9.84 Å². The zero-order chi connectivity index (χ0) is 23.0. The van der Waals surface area contributed by atoms with Crippen molar-refractivity contribution in [3.8, 4) is 0 Å². The molecule has 0 saturated heterocycles. The van der Waals surface area contributed by atoms with Gasteiger partial charge in [-0.1, -0.05) is 27.7 Å². The summed E-state index contributed by atoms with van der Waals surface area (Å²) in [4.78, 5) is 37.6. The third-order valence-electron chi connectivity index (χ3n) is 10.2. The number of esters is 1. The molecule has 5 nitrogen and oxygen atoms in total. The Hall–Kier alpha value is -1.30. The minimum absolute atomic E-state index is 0.0525. The highest BCUT2D eigenvalue weighted by Gasteiger charge is 2.77. The van der Waals surface area contributed by atoms with Gasteiger partial charge in [0, 0.05) is 36.0 Å². The number of hydrogen-bond donors (Lipinski definition) is 1. The highest BCUT2D eigenvalue weighted by molar-refractivity contribution is 5.89. The molecule has 0 amide bonds. The molecule has 0 heterocycles. The summed E-state index contributed by atoms with van der Waals surface area (Å²) in [7, 11) is 0. The molecule has 4 aliphatic rings. The quantitative estimate of drug-likeness (QED) is 0.671. The number of aliphatic hydroxyl groups is 1. The van der Waals surface area contributed by atoms with Crippen LogP contribution < -0.4 is 0 Å². The fraction of sp³-hybridized carbons (Fsp3) is 0.880. The Kier molecular flexibility index (Phi) is 5.24. The van der Waals surface area contributed by atoms with E-state index in [9.17, 15) is 19.5 Å². The number of halogens is 1. The maximum absolute atomic E-state index is 17.2. The van der Waals surface area contributed by atoms with Gasteiger partial charge in [0.15, 0.2) is 11.4 Å². The molecule has 4 fully saturated rings. The van der Waals surface area contributed by atoms with Gasteiger partial charge in [0.25, 0.3) is 0 Å². The van der Waals surface area contributed by atoms with Gasteiger partial charge >= 0.3 is 5.97 Å². The van der Waals surface area contributed by atoms with Crippen LogP contribution in [-0.2, 0) is 19.1 Å². The molecule has 1 N–H and O–H groups in total.